The molecule has 0 fully saturated rings. The van der Waals surface area contributed by atoms with Crippen molar-refractivity contribution in [3.8, 4) is 0 Å². The zero-order valence-corrected chi connectivity index (χ0v) is 10.2. The van der Waals surface area contributed by atoms with Crippen molar-refractivity contribution in [1.82, 2.24) is 4.98 Å². The lowest BCUT2D eigenvalue weighted by Crippen LogP contribution is -2.13. The van der Waals surface area contributed by atoms with E-state index in [-0.39, 0.29) is 0 Å². The number of carbonyl (C=O) groups is 1. The maximum absolute atomic E-state index is 10.7. The summed E-state index contributed by atoms with van der Waals surface area (Å²) in [6, 6.07) is 8.03. The van der Waals surface area contributed by atoms with Crippen molar-refractivity contribution in [2.24, 2.45) is 0 Å². The summed E-state index contributed by atoms with van der Waals surface area (Å²) in [4.78, 5) is 13.4. The molecule has 4 heteroatoms. The van der Waals surface area contributed by atoms with Gasteiger partial charge in [0.1, 0.15) is 4.83 Å². The van der Waals surface area contributed by atoms with Gasteiger partial charge in [-0.05, 0) is 24.5 Å². The van der Waals surface area contributed by atoms with Gasteiger partial charge in [-0.2, -0.15) is 0 Å². The Morgan fingerprint density at radius 2 is 2.19 bits per heavy atom. The maximum atomic E-state index is 10.7. The molecule has 0 spiro atoms. The molecule has 2 aromatic rings. The molecular weight excluding hydrogens is 270 g/mol. The van der Waals surface area contributed by atoms with E-state index in [1.165, 1.54) is 10.9 Å². The molecule has 3 nitrogen and oxygen atoms in total. The van der Waals surface area contributed by atoms with Crippen LogP contribution in [0.5, 0.6) is 0 Å². The predicted molar refractivity (Wildman–Crippen MR) is 67.0 cm³/mol. The van der Waals surface area contributed by atoms with E-state index in [0.717, 1.165) is 11.9 Å². The highest BCUT2D eigenvalue weighted by Gasteiger charge is 2.13. The van der Waals surface area contributed by atoms with Crippen LogP contribution in [-0.2, 0) is 11.2 Å². The highest BCUT2D eigenvalue weighted by Crippen LogP contribution is 2.20. The second-order valence-corrected chi connectivity index (χ2v) is 4.81. The molecule has 84 valence electrons. The fourth-order valence-electron chi connectivity index (χ4n) is 1.74. The number of nitrogens with one attached hydrogen (secondary N) is 1. The normalized spacial score (nSPS) is 12.8. The number of aromatic nitrogens is 1. The van der Waals surface area contributed by atoms with E-state index in [2.05, 4.69) is 20.9 Å². The molecule has 0 aliphatic heterocycles. The Labute approximate surface area is 102 Å². The second-order valence-electron chi connectivity index (χ2n) is 3.70. The van der Waals surface area contributed by atoms with Crippen LogP contribution < -0.4 is 0 Å². The summed E-state index contributed by atoms with van der Waals surface area (Å²) < 4.78 is 0. The Morgan fingerprint density at radius 3 is 2.94 bits per heavy atom. The standard InChI is InChI=1S/C12H12BrNO2/c13-10(12(15)16)6-5-8-7-14-11-4-2-1-3-9(8)11/h1-4,7,10,14H,5-6H2,(H,15,16). The van der Waals surface area contributed by atoms with Crippen LogP contribution >= 0.6 is 15.9 Å². The lowest BCUT2D eigenvalue weighted by atomic mass is 10.1. The molecule has 2 rings (SSSR count). The third-order valence-electron chi connectivity index (χ3n) is 2.61. The Balaban J connectivity index is 2.13. The van der Waals surface area contributed by atoms with Crippen molar-refractivity contribution in [3.63, 3.8) is 0 Å². The molecule has 1 unspecified atom stereocenters. The number of para-hydroxylation sites is 1. The summed E-state index contributed by atoms with van der Waals surface area (Å²) in [6.45, 7) is 0. The second kappa shape index (κ2) is 4.70. The van der Waals surface area contributed by atoms with Crippen LogP contribution in [0.3, 0.4) is 0 Å². The van der Waals surface area contributed by atoms with Crippen LogP contribution in [0, 0.1) is 0 Å². The molecule has 0 aliphatic carbocycles. The number of benzene rings is 1. The third kappa shape index (κ3) is 2.27. The summed E-state index contributed by atoms with van der Waals surface area (Å²) in [5.74, 6) is -0.806. The van der Waals surface area contributed by atoms with Crippen molar-refractivity contribution in [2.45, 2.75) is 17.7 Å². The highest BCUT2D eigenvalue weighted by atomic mass is 79.9. The number of fused-ring (bicyclic) bond motifs is 1. The van der Waals surface area contributed by atoms with Gasteiger partial charge in [0.2, 0.25) is 0 Å². The van der Waals surface area contributed by atoms with Gasteiger partial charge < -0.3 is 10.1 Å². The molecule has 1 aromatic carbocycles. The highest BCUT2D eigenvalue weighted by molar-refractivity contribution is 9.10. The van der Waals surface area contributed by atoms with Crippen molar-refractivity contribution in [3.05, 3.63) is 36.0 Å². The lowest BCUT2D eigenvalue weighted by Gasteiger charge is -2.03. The number of rotatable bonds is 4. The summed E-state index contributed by atoms with van der Waals surface area (Å²) >= 11 is 3.14. The summed E-state index contributed by atoms with van der Waals surface area (Å²) in [5, 5.41) is 9.94. The number of hydrogen-bond acceptors (Lipinski definition) is 1. The zero-order valence-electron chi connectivity index (χ0n) is 8.61. The number of aromatic amines is 1. The summed E-state index contributed by atoms with van der Waals surface area (Å²) in [5.41, 5.74) is 2.26. The smallest absolute Gasteiger partial charge is 0.317 e. The third-order valence-corrected chi connectivity index (χ3v) is 3.46. The summed E-state index contributed by atoms with van der Waals surface area (Å²) in [6.07, 6.45) is 3.30. The minimum absolute atomic E-state index is 0.471. The van der Waals surface area contributed by atoms with E-state index >= 15 is 0 Å². The molecule has 16 heavy (non-hydrogen) atoms. The SMILES string of the molecule is O=C(O)C(Br)CCc1c[nH]c2ccccc12. The number of alkyl halides is 1. The Morgan fingerprint density at radius 1 is 1.44 bits per heavy atom. The van der Waals surface area contributed by atoms with Gasteiger partial charge in [-0.3, -0.25) is 4.79 Å². The molecule has 1 heterocycles. The summed E-state index contributed by atoms with van der Waals surface area (Å²) in [7, 11) is 0. The average Bonchev–Trinajstić information content (AvgIpc) is 2.69. The zero-order chi connectivity index (χ0) is 11.5. The van der Waals surface area contributed by atoms with Crippen LogP contribution in [0.2, 0.25) is 0 Å². The van der Waals surface area contributed by atoms with Gasteiger partial charge in [0.15, 0.2) is 0 Å². The molecule has 0 radical (unpaired) electrons. The first-order valence-corrected chi connectivity index (χ1v) is 6.02. The quantitative estimate of drug-likeness (QED) is 0.847. The molecule has 2 N–H and O–H groups in total. The molecule has 0 amide bonds. The van der Waals surface area contributed by atoms with Crippen LogP contribution in [0.1, 0.15) is 12.0 Å². The molecule has 1 aromatic heterocycles. The fourth-order valence-corrected chi connectivity index (χ4v) is 1.97. The minimum Gasteiger partial charge on any atom is -0.480 e. The lowest BCUT2D eigenvalue weighted by molar-refractivity contribution is -0.136. The van der Waals surface area contributed by atoms with Gasteiger partial charge in [0.25, 0.3) is 0 Å². The number of aliphatic carboxylic acids is 1. The maximum Gasteiger partial charge on any atom is 0.317 e. The van der Waals surface area contributed by atoms with Crippen LogP contribution in [0.15, 0.2) is 30.5 Å². The minimum atomic E-state index is -0.806. The van der Waals surface area contributed by atoms with E-state index in [1.807, 2.05) is 30.5 Å². The number of H-pyrrole nitrogens is 1. The van der Waals surface area contributed by atoms with E-state index in [9.17, 15) is 4.79 Å². The molecule has 0 bridgehead atoms. The molecule has 0 aliphatic rings. The first-order valence-electron chi connectivity index (χ1n) is 5.10. The molecular formula is C12H12BrNO2. The Kier molecular flexibility index (Phi) is 3.29. The van der Waals surface area contributed by atoms with Gasteiger partial charge in [0.05, 0.1) is 0 Å². The van der Waals surface area contributed by atoms with Gasteiger partial charge in [-0.1, -0.05) is 34.1 Å². The van der Waals surface area contributed by atoms with Crippen molar-refractivity contribution < 1.29 is 9.90 Å². The number of halogens is 1. The molecule has 0 saturated carbocycles. The van der Waals surface area contributed by atoms with Gasteiger partial charge in [-0.15, -0.1) is 0 Å². The van der Waals surface area contributed by atoms with Crippen molar-refractivity contribution >= 4 is 32.8 Å². The van der Waals surface area contributed by atoms with E-state index in [1.54, 1.807) is 0 Å². The first-order chi connectivity index (χ1) is 7.68. The monoisotopic (exact) mass is 281 g/mol. The first kappa shape index (κ1) is 11.2. The topological polar surface area (TPSA) is 53.1 Å². The number of hydrogen-bond donors (Lipinski definition) is 2. The molecule has 0 saturated heterocycles. The largest absolute Gasteiger partial charge is 0.480 e. The van der Waals surface area contributed by atoms with Crippen molar-refractivity contribution in [2.75, 3.05) is 0 Å². The van der Waals surface area contributed by atoms with Gasteiger partial charge in [0, 0.05) is 17.1 Å². The van der Waals surface area contributed by atoms with Crippen molar-refractivity contribution in [1.29, 1.82) is 0 Å². The number of carboxylic acid groups (broad SMARTS) is 1. The predicted octanol–water partition coefficient (Wildman–Crippen LogP) is 2.95. The van der Waals surface area contributed by atoms with Gasteiger partial charge >= 0.3 is 5.97 Å². The number of aryl methyl sites for hydroxylation is 1. The van der Waals surface area contributed by atoms with Gasteiger partial charge in [-0.25, -0.2) is 0 Å². The van der Waals surface area contributed by atoms with E-state index in [0.29, 0.717) is 6.42 Å². The number of carboxylic acids is 1. The van der Waals surface area contributed by atoms with Crippen LogP contribution in [0.4, 0.5) is 0 Å². The fraction of sp³-hybridized carbons (Fsp3) is 0.250. The van der Waals surface area contributed by atoms with Crippen LogP contribution in [0.25, 0.3) is 10.9 Å². The van der Waals surface area contributed by atoms with E-state index in [4.69, 9.17) is 5.11 Å². The molecule has 1 atom stereocenters. The van der Waals surface area contributed by atoms with E-state index < -0.39 is 10.8 Å². The van der Waals surface area contributed by atoms with Crippen LogP contribution in [-0.4, -0.2) is 20.9 Å². The Bertz CT molecular complexity index is 506. The Hall–Kier alpha value is -1.29. The average molecular weight is 282 g/mol.